The monoisotopic (exact) mass is 217 g/mol. The number of carboxylic acid groups (broad SMARTS) is 2. The molecule has 15 heavy (non-hydrogen) atoms. The second kappa shape index (κ2) is 2.69. The maximum Gasteiger partial charge on any atom is 0.341 e. The molecule has 0 aromatic rings. The summed E-state index contributed by atoms with van der Waals surface area (Å²) in [6.07, 6.45) is 0.316. The van der Waals surface area contributed by atoms with E-state index in [1.807, 2.05) is 0 Å². The fourth-order valence-corrected chi connectivity index (χ4v) is 3.03. The van der Waals surface area contributed by atoms with E-state index in [0.29, 0.717) is 0 Å². The highest BCUT2D eigenvalue weighted by Gasteiger charge is 2.68. The Morgan fingerprint density at radius 3 is 2.27 bits per heavy atom. The fraction of sp³-hybridized carbons (Fsp3) is 0.778. The van der Waals surface area contributed by atoms with Gasteiger partial charge in [0.2, 0.25) is 5.67 Å². The normalized spacial score (nSPS) is 48.1. The van der Waals surface area contributed by atoms with Crippen molar-refractivity contribution >= 4 is 11.9 Å². The summed E-state index contributed by atoms with van der Waals surface area (Å²) < 4.78 is 14.0. The summed E-state index contributed by atoms with van der Waals surface area (Å²) in [5, 5.41) is 17.7. The van der Waals surface area contributed by atoms with Crippen molar-refractivity contribution in [3.8, 4) is 0 Å². The molecule has 2 aliphatic rings. The van der Waals surface area contributed by atoms with Crippen molar-refractivity contribution in [3.63, 3.8) is 0 Å². The van der Waals surface area contributed by atoms with Gasteiger partial charge in [-0.3, -0.25) is 4.79 Å². The first-order valence-electron chi connectivity index (χ1n) is 4.75. The molecule has 6 heteroatoms. The van der Waals surface area contributed by atoms with E-state index in [0.717, 1.165) is 0 Å². The number of rotatable bonds is 2. The van der Waals surface area contributed by atoms with Crippen LogP contribution in [0.2, 0.25) is 0 Å². The number of hydrogen-bond acceptors (Lipinski definition) is 3. The number of alkyl halides is 1. The zero-order valence-corrected chi connectivity index (χ0v) is 7.94. The van der Waals surface area contributed by atoms with Crippen molar-refractivity contribution in [1.29, 1.82) is 0 Å². The molecule has 2 aliphatic carbocycles. The number of hydrogen-bond donors (Lipinski definition) is 3. The molecule has 0 aliphatic heterocycles. The average Bonchev–Trinajstić information content (AvgIpc) is 2.59. The van der Waals surface area contributed by atoms with E-state index in [9.17, 15) is 14.0 Å². The van der Waals surface area contributed by atoms with Gasteiger partial charge in [0.15, 0.2) is 0 Å². The molecule has 0 saturated heterocycles. The summed E-state index contributed by atoms with van der Waals surface area (Å²) in [6, 6.07) is 0. The van der Waals surface area contributed by atoms with E-state index in [1.54, 1.807) is 0 Å². The lowest BCUT2D eigenvalue weighted by atomic mass is 9.73. The number of carbonyl (C=O) groups is 2. The van der Waals surface area contributed by atoms with E-state index in [1.165, 1.54) is 0 Å². The lowest BCUT2D eigenvalue weighted by Crippen LogP contribution is -2.61. The highest BCUT2D eigenvalue weighted by molar-refractivity contribution is 5.85. The standard InChI is InChI=1S/C9H12FNO4/c10-8(6(12)13)2-4-1-5(8)9(11,3-4)7(14)15/h4-5H,1-3,11H2,(H,12,13)(H,14,15)/t4-,5+,8-,9-/m0/s1. The van der Waals surface area contributed by atoms with Crippen LogP contribution < -0.4 is 5.73 Å². The van der Waals surface area contributed by atoms with Gasteiger partial charge in [0, 0.05) is 5.92 Å². The third-order valence-corrected chi connectivity index (χ3v) is 3.71. The second-order valence-corrected chi connectivity index (χ2v) is 4.58. The van der Waals surface area contributed by atoms with Crippen LogP contribution in [0.25, 0.3) is 0 Å². The molecule has 4 atom stereocenters. The van der Waals surface area contributed by atoms with Crippen molar-refractivity contribution in [2.24, 2.45) is 17.6 Å². The number of halogens is 1. The molecule has 5 nitrogen and oxygen atoms in total. The highest BCUT2D eigenvalue weighted by Crippen LogP contribution is 2.56. The SMILES string of the molecule is N[C@@]1(C(=O)O)C[C@H]2C[C@@H]1[C@](F)(C(=O)O)C2. The summed E-state index contributed by atoms with van der Waals surface area (Å²) in [5.41, 5.74) is 1.42. The van der Waals surface area contributed by atoms with E-state index >= 15 is 0 Å². The number of carboxylic acids is 2. The maximum atomic E-state index is 14.0. The third-order valence-electron chi connectivity index (χ3n) is 3.71. The zero-order chi connectivity index (χ0) is 11.4. The quantitative estimate of drug-likeness (QED) is 0.604. The first kappa shape index (κ1) is 10.4. The van der Waals surface area contributed by atoms with E-state index in [-0.39, 0.29) is 25.2 Å². The summed E-state index contributed by atoms with van der Waals surface area (Å²) in [5.74, 6) is -4.23. The Bertz CT molecular complexity index is 317. The minimum Gasteiger partial charge on any atom is -0.480 e. The van der Waals surface area contributed by atoms with Crippen molar-refractivity contribution in [1.82, 2.24) is 0 Å². The fourth-order valence-electron chi connectivity index (χ4n) is 3.03. The molecule has 2 fully saturated rings. The Morgan fingerprint density at radius 1 is 1.27 bits per heavy atom. The molecule has 0 unspecified atom stereocenters. The van der Waals surface area contributed by atoms with E-state index < -0.39 is 29.1 Å². The number of fused-ring (bicyclic) bond motifs is 2. The van der Waals surface area contributed by atoms with Gasteiger partial charge in [0.1, 0.15) is 5.54 Å². The molecule has 0 heterocycles. The minimum absolute atomic E-state index is 0.112. The Hall–Kier alpha value is -1.17. The second-order valence-electron chi connectivity index (χ2n) is 4.58. The molecule has 2 rings (SSSR count). The van der Waals surface area contributed by atoms with Crippen molar-refractivity contribution < 1.29 is 24.2 Å². The van der Waals surface area contributed by atoms with Crippen LogP contribution in [0.4, 0.5) is 4.39 Å². The van der Waals surface area contributed by atoms with Crippen molar-refractivity contribution in [3.05, 3.63) is 0 Å². The van der Waals surface area contributed by atoms with Gasteiger partial charge in [0.05, 0.1) is 0 Å². The van der Waals surface area contributed by atoms with Gasteiger partial charge in [-0.25, -0.2) is 9.18 Å². The smallest absolute Gasteiger partial charge is 0.341 e. The van der Waals surface area contributed by atoms with Crippen LogP contribution in [-0.4, -0.2) is 33.4 Å². The predicted octanol–water partition coefficient (Wildman–Crippen LogP) is -0.00870. The minimum atomic E-state index is -2.46. The first-order valence-corrected chi connectivity index (χ1v) is 4.75. The van der Waals surface area contributed by atoms with Gasteiger partial charge >= 0.3 is 11.9 Å². The van der Waals surface area contributed by atoms with E-state index in [4.69, 9.17) is 15.9 Å². The van der Waals surface area contributed by atoms with Gasteiger partial charge in [-0.15, -0.1) is 0 Å². The van der Waals surface area contributed by atoms with Crippen LogP contribution in [0.15, 0.2) is 0 Å². The highest BCUT2D eigenvalue weighted by atomic mass is 19.1. The molecule has 4 N–H and O–H groups in total. The number of nitrogens with two attached hydrogens (primary N) is 1. The number of aliphatic carboxylic acids is 2. The third kappa shape index (κ3) is 1.11. The van der Waals surface area contributed by atoms with Gasteiger partial charge in [-0.2, -0.15) is 0 Å². The molecule has 2 saturated carbocycles. The topological polar surface area (TPSA) is 101 Å². The molecule has 0 radical (unpaired) electrons. The molecule has 2 bridgehead atoms. The lowest BCUT2D eigenvalue weighted by molar-refractivity contribution is -0.162. The lowest BCUT2D eigenvalue weighted by Gasteiger charge is -2.36. The Balaban J connectivity index is 2.38. The zero-order valence-electron chi connectivity index (χ0n) is 7.94. The van der Waals surface area contributed by atoms with Gasteiger partial charge < -0.3 is 15.9 Å². The Labute approximate surface area is 85.1 Å². The average molecular weight is 217 g/mol. The van der Waals surface area contributed by atoms with Crippen molar-refractivity contribution in [2.75, 3.05) is 0 Å². The van der Waals surface area contributed by atoms with Crippen LogP contribution >= 0.6 is 0 Å². The first-order chi connectivity index (χ1) is 6.80. The van der Waals surface area contributed by atoms with Crippen LogP contribution in [0.5, 0.6) is 0 Å². The van der Waals surface area contributed by atoms with E-state index in [2.05, 4.69) is 0 Å². The molecule has 0 spiro atoms. The molecule has 0 aromatic carbocycles. The predicted molar refractivity (Wildman–Crippen MR) is 46.9 cm³/mol. The summed E-state index contributed by atoms with van der Waals surface area (Å²) in [6.45, 7) is 0. The molecule has 84 valence electrons. The Morgan fingerprint density at radius 2 is 1.87 bits per heavy atom. The molecular formula is C9H12FNO4. The van der Waals surface area contributed by atoms with Gasteiger partial charge in [-0.1, -0.05) is 0 Å². The molecular weight excluding hydrogens is 205 g/mol. The van der Waals surface area contributed by atoms with Crippen LogP contribution in [0, 0.1) is 11.8 Å². The summed E-state index contributed by atoms with van der Waals surface area (Å²) in [4.78, 5) is 21.7. The molecule has 0 amide bonds. The molecule has 0 aromatic heterocycles. The Kier molecular flexibility index (Phi) is 1.86. The van der Waals surface area contributed by atoms with Gasteiger partial charge in [-0.05, 0) is 25.2 Å². The van der Waals surface area contributed by atoms with Crippen LogP contribution in [0.3, 0.4) is 0 Å². The maximum absolute atomic E-state index is 14.0. The summed E-state index contributed by atoms with van der Waals surface area (Å²) in [7, 11) is 0. The van der Waals surface area contributed by atoms with Crippen LogP contribution in [-0.2, 0) is 9.59 Å². The summed E-state index contributed by atoms with van der Waals surface area (Å²) >= 11 is 0. The largest absolute Gasteiger partial charge is 0.480 e. The van der Waals surface area contributed by atoms with Gasteiger partial charge in [0.25, 0.3) is 0 Å². The van der Waals surface area contributed by atoms with Crippen molar-refractivity contribution in [2.45, 2.75) is 30.5 Å². The van der Waals surface area contributed by atoms with Crippen LogP contribution in [0.1, 0.15) is 19.3 Å².